The summed E-state index contributed by atoms with van der Waals surface area (Å²) in [5.74, 6) is -0.897. The molecule has 0 unspecified atom stereocenters. The Morgan fingerprint density at radius 3 is 2.71 bits per heavy atom. The number of carbonyl (C=O) groups is 2. The molecule has 1 aromatic heterocycles. The van der Waals surface area contributed by atoms with Gasteiger partial charge in [0.2, 0.25) is 5.91 Å². The molecule has 0 spiro atoms. The first-order chi connectivity index (χ1) is 16.4. The summed E-state index contributed by atoms with van der Waals surface area (Å²) >= 11 is 0. The van der Waals surface area contributed by atoms with Crippen molar-refractivity contribution in [1.29, 1.82) is 0 Å². The van der Waals surface area contributed by atoms with Gasteiger partial charge in [0.25, 0.3) is 5.56 Å². The molecule has 0 saturated heterocycles. The number of hydrogen-bond acceptors (Lipinski definition) is 7. The van der Waals surface area contributed by atoms with Crippen LogP contribution in [-0.2, 0) is 20.9 Å². The van der Waals surface area contributed by atoms with E-state index < -0.39 is 11.9 Å². The monoisotopic (exact) mass is 459 g/mol. The Balaban J connectivity index is 1.58. The molecule has 2 heterocycles. The standard InChI is InChI=1S/C25H25N5O4/c1-4-34-25(33)21-16(3)27-18-10-5-6-11-19(18)28-23(21)29-20(31)12-13-30-14-26-22-15(2)8-7-9-17(22)24(30)32/h5-11,14,27H,4,12-13H2,1-3H3,(H,28,29,31). The van der Waals surface area contributed by atoms with Crippen molar-refractivity contribution in [2.75, 3.05) is 11.9 Å². The SMILES string of the molecule is CCOC(=O)C1=C(C)Nc2ccccc2N=C1NC(=O)CCn1cnc2c(C)cccc2c1=O. The summed E-state index contributed by atoms with van der Waals surface area (Å²) in [6.07, 6.45) is 1.44. The highest BCUT2D eigenvalue weighted by molar-refractivity contribution is 6.24. The number of aliphatic imine (C=N–C) groups is 1. The number of benzene rings is 2. The number of allylic oxidation sites excluding steroid dienone is 1. The summed E-state index contributed by atoms with van der Waals surface area (Å²) < 4.78 is 6.59. The molecule has 0 radical (unpaired) electrons. The molecule has 3 aromatic rings. The van der Waals surface area contributed by atoms with Crippen LogP contribution in [0.3, 0.4) is 0 Å². The average Bonchev–Trinajstić information content (AvgIpc) is 2.94. The van der Waals surface area contributed by atoms with Gasteiger partial charge >= 0.3 is 5.97 Å². The summed E-state index contributed by atoms with van der Waals surface area (Å²) in [6.45, 7) is 5.63. The Bertz CT molecular complexity index is 1400. The van der Waals surface area contributed by atoms with E-state index in [1.165, 1.54) is 10.9 Å². The first-order valence-corrected chi connectivity index (χ1v) is 11.0. The minimum absolute atomic E-state index is 0.0117. The Morgan fingerprint density at radius 2 is 1.91 bits per heavy atom. The van der Waals surface area contributed by atoms with Crippen molar-refractivity contribution in [2.24, 2.45) is 4.99 Å². The zero-order valence-electron chi connectivity index (χ0n) is 19.2. The summed E-state index contributed by atoms with van der Waals surface area (Å²) in [7, 11) is 0. The molecule has 0 bridgehead atoms. The number of nitrogens with zero attached hydrogens (tertiary/aromatic N) is 3. The van der Waals surface area contributed by atoms with Gasteiger partial charge in [-0.2, -0.15) is 0 Å². The van der Waals surface area contributed by atoms with Gasteiger partial charge in [0.05, 0.1) is 35.2 Å². The maximum absolute atomic E-state index is 12.8. The van der Waals surface area contributed by atoms with Crippen LogP contribution in [0.1, 0.15) is 25.8 Å². The average molecular weight is 460 g/mol. The molecule has 0 atom stereocenters. The number of fused-ring (bicyclic) bond motifs is 2. The number of anilines is 1. The lowest BCUT2D eigenvalue weighted by Crippen LogP contribution is -2.36. The van der Waals surface area contributed by atoms with Crippen LogP contribution in [0.4, 0.5) is 11.4 Å². The van der Waals surface area contributed by atoms with E-state index >= 15 is 0 Å². The third kappa shape index (κ3) is 4.59. The molecular formula is C25H25N5O4. The summed E-state index contributed by atoms with van der Waals surface area (Å²) in [5, 5.41) is 6.39. The van der Waals surface area contributed by atoms with Gasteiger partial charge in [-0.15, -0.1) is 0 Å². The fourth-order valence-electron chi connectivity index (χ4n) is 3.75. The van der Waals surface area contributed by atoms with Gasteiger partial charge in [-0.25, -0.2) is 14.8 Å². The zero-order valence-corrected chi connectivity index (χ0v) is 19.2. The lowest BCUT2D eigenvalue weighted by molar-refractivity contribution is -0.137. The number of amidine groups is 1. The van der Waals surface area contributed by atoms with Gasteiger partial charge < -0.3 is 15.4 Å². The van der Waals surface area contributed by atoms with Crippen LogP contribution in [0.2, 0.25) is 0 Å². The molecule has 0 aliphatic carbocycles. The van der Waals surface area contributed by atoms with Crippen LogP contribution in [0, 0.1) is 6.92 Å². The molecule has 0 saturated carbocycles. The Labute approximate surface area is 196 Å². The maximum atomic E-state index is 12.8. The topological polar surface area (TPSA) is 115 Å². The van der Waals surface area contributed by atoms with Gasteiger partial charge in [-0.05, 0) is 44.5 Å². The van der Waals surface area contributed by atoms with E-state index in [0.717, 1.165) is 5.56 Å². The molecule has 34 heavy (non-hydrogen) atoms. The minimum atomic E-state index is -0.593. The molecular weight excluding hydrogens is 434 g/mol. The van der Waals surface area contributed by atoms with Gasteiger partial charge in [0, 0.05) is 18.7 Å². The highest BCUT2D eigenvalue weighted by atomic mass is 16.5. The van der Waals surface area contributed by atoms with E-state index in [4.69, 9.17) is 4.74 Å². The van der Waals surface area contributed by atoms with Crippen molar-refractivity contribution in [3.05, 3.63) is 76.0 Å². The fraction of sp³-hybridized carbons (Fsp3) is 0.240. The van der Waals surface area contributed by atoms with E-state index in [1.54, 1.807) is 32.0 Å². The number of nitrogens with one attached hydrogen (secondary N) is 2. The number of esters is 1. The van der Waals surface area contributed by atoms with Crippen molar-refractivity contribution in [3.8, 4) is 0 Å². The number of hydrogen-bond donors (Lipinski definition) is 2. The molecule has 1 amide bonds. The number of ether oxygens (including phenoxy) is 1. The Morgan fingerprint density at radius 1 is 1.12 bits per heavy atom. The number of carbonyl (C=O) groups excluding carboxylic acids is 2. The van der Waals surface area contributed by atoms with Gasteiger partial charge in [0.15, 0.2) is 0 Å². The van der Waals surface area contributed by atoms with Crippen molar-refractivity contribution < 1.29 is 14.3 Å². The first kappa shape index (κ1) is 22.9. The van der Waals surface area contributed by atoms with Crippen LogP contribution in [0.15, 0.2) is 69.8 Å². The predicted octanol–water partition coefficient (Wildman–Crippen LogP) is 3.20. The van der Waals surface area contributed by atoms with Crippen molar-refractivity contribution in [1.82, 2.24) is 14.9 Å². The fourth-order valence-corrected chi connectivity index (χ4v) is 3.75. The third-order valence-electron chi connectivity index (χ3n) is 5.44. The second kappa shape index (κ2) is 9.70. The Hall–Kier alpha value is -4.27. The van der Waals surface area contributed by atoms with Crippen molar-refractivity contribution >= 4 is 40.0 Å². The minimum Gasteiger partial charge on any atom is -0.462 e. The molecule has 2 N–H and O–H groups in total. The van der Waals surface area contributed by atoms with E-state index in [9.17, 15) is 14.4 Å². The van der Waals surface area contributed by atoms with Crippen LogP contribution in [-0.4, -0.2) is 33.9 Å². The molecule has 2 aromatic carbocycles. The molecule has 0 fully saturated rings. The third-order valence-corrected chi connectivity index (χ3v) is 5.44. The molecule has 9 heteroatoms. The van der Waals surface area contributed by atoms with Crippen LogP contribution in [0.5, 0.6) is 0 Å². The number of rotatable bonds is 5. The molecule has 9 nitrogen and oxygen atoms in total. The summed E-state index contributed by atoms with van der Waals surface area (Å²) in [4.78, 5) is 47.2. The number of aryl methyl sites for hydroxylation is 2. The summed E-state index contributed by atoms with van der Waals surface area (Å²) in [5.41, 5.74) is 3.27. The second-order valence-electron chi connectivity index (χ2n) is 7.84. The van der Waals surface area contributed by atoms with Crippen molar-refractivity contribution in [3.63, 3.8) is 0 Å². The quantitative estimate of drug-likeness (QED) is 0.567. The maximum Gasteiger partial charge on any atom is 0.343 e. The van der Waals surface area contributed by atoms with E-state index in [-0.39, 0.29) is 36.5 Å². The van der Waals surface area contributed by atoms with Gasteiger partial charge in [0.1, 0.15) is 11.4 Å². The Kier molecular flexibility index (Phi) is 6.53. The molecule has 4 rings (SSSR count). The number of para-hydroxylation sites is 3. The number of amides is 1. The normalized spacial score (nSPS) is 13.0. The molecule has 1 aliphatic heterocycles. The summed E-state index contributed by atoms with van der Waals surface area (Å²) in [6, 6.07) is 12.7. The van der Waals surface area contributed by atoms with Gasteiger partial charge in [-0.3, -0.25) is 14.2 Å². The molecule has 174 valence electrons. The number of aromatic nitrogens is 2. The van der Waals surface area contributed by atoms with Gasteiger partial charge in [-0.1, -0.05) is 24.3 Å². The first-order valence-electron chi connectivity index (χ1n) is 11.0. The second-order valence-corrected chi connectivity index (χ2v) is 7.84. The van der Waals surface area contributed by atoms with Crippen LogP contribution < -0.4 is 16.2 Å². The van der Waals surface area contributed by atoms with E-state index in [2.05, 4.69) is 20.6 Å². The van der Waals surface area contributed by atoms with E-state index in [0.29, 0.717) is 28.0 Å². The van der Waals surface area contributed by atoms with E-state index in [1.807, 2.05) is 31.2 Å². The van der Waals surface area contributed by atoms with Crippen molar-refractivity contribution in [2.45, 2.75) is 33.7 Å². The van der Waals surface area contributed by atoms with Crippen LogP contribution in [0.25, 0.3) is 10.9 Å². The lowest BCUT2D eigenvalue weighted by Gasteiger charge is -2.13. The highest BCUT2D eigenvalue weighted by Gasteiger charge is 2.26. The molecule has 1 aliphatic rings. The van der Waals surface area contributed by atoms with Crippen LogP contribution >= 0.6 is 0 Å². The largest absolute Gasteiger partial charge is 0.462 e. The predicted molar refractivity (Wildman–Crippen MR) is 130 cm³/mol. The zero-order chi connectivity index (χ0) is 24.2. The lowest BCUT2D eigenvalue weighted by atomic mass is 10.1. The highest BCUT2D eigenvalue weighted by Crippen LogP contribution is 2.30. The smallest absolute Gasteiger partial charge is 0.343 e.